The first-order chi connectivity index (χ1) is 14.3. The minimum atomic E-state index is -4.50. The van der Waals surface area contributed by atoms with Crippen molar-refractivity contribution < 1.29 is 22.7 Å². The highest BCUT2D eigenvalue weighted by Gasteiger charge is 2.36. The van der Waals surface area contributed by atoms with Crippen LogP contribution >= 0.6 is 0 Å². The average Bonchev–Trinajstić information content (AvgIpc) is 2.98. The number of ether oxygens (including phenoxy) is 1. The van der Waals surface area contributed by atoms with Crippen LogP contribution < -0.4 is 9.64 Å². The highest BCUT2D eigenvalue weighted by Crippen LogP contribution is 2.37. The molecule has 154 valence electrons. The number of carbonyl (C=O) groups excluding carboxylic acids is 1. The third-order valence-electron chi connectivity index (χ3n) is 4.41. The van der Waals surface area contributed by atoms with Gasteiger partial charge in [0.2, 0.25) is 0 Å². The van der Waals surface area contributed by atoms with Crippen molar-refractivity contribution in [2.45, 2.75) is 13.1 Å². The molecule has 0 N–H and O–H groups in total. The second-order valence-corrected chi connectivity index (χ2v) is 6.36. The molecule has 0 saturated carbocycles. The highest BCUT2D eigenvalue weighted by molar-refractivity contribution is 6.55. The second-order valence-electron chi connectivity index (χ2n) is 6.36. The fraction of sp³-hybridized carbons (Fsp3) is 0.130. The minimum Gasteiger partial charge on any atom is -0.497 e. The molecule has 0 spiro atoms. The van der Waals surface area contributed by atoms with Crippen LogP contribution in [0.3, 0.4) is 0 Å². The van der Waals surface area contributed by atoms with E-state index in [9.17, 15) is 18.0 Å². The van der Waals surface area contributed by atoms with Gasteiger partial charge in [0.05, 0.1) is 24.0 Å². The molecule has 2 aromatic rings. The fourth-order valence-electron chi connectivity index (χ4n) is 3.10. The van der Waals surface area contributed by atoms with Crippen molar-refractivity contribution >= 4 is 23.0 Å². The number of fused-ring (bicyclic) bond motifs is 1. The van der Waals surface area contributed by atoms with Gasteiger partial charge in [0.1, 0.15) is 11.5 Å². The Balaban J connectivity index is 2.18. The van der Waals surface area contributed by atoms with Crippen molar-refractivity contribution in [2.75, 3.05) is 12.0 Å². The van der Waals surface area contributed by atoms with E-state index >= 15 is 0 Å². The number of anilines is 1. The van der Waals surface area contributed by atoms with E-state index in [-0.39, 0.29) is 11.4 Å². The summed E-state index contributed by atoms with van der Waals surface area (Å²) in [6.45, 7) is 5.49. The smallest absolute Gasteiger partial charge is 0.416 e. The van der Waals surface area contributed by atoms with Crippen molar-refractivity contribution in [1.29, 1.82) is 0 Å². The molecule has 0 unspecified atom stereocenters. The second kappa shape index (κ2) is 8.41. The van der Waals surface area contributed by atoms with Gasteiger partial charge >= 0.3 is 6.18 Å². The van der Waals surface area contributed by atoms with Crippen LogP contribution in [0.2, 0.25) is 0 Å². The number of alkyl halides is 3. The lowest BCUT2D eigenvalue weighted by Gasteiger charge is -2.18. The van der Waals surface area contributed by atoms with Crippen LogP contribution in [0.25, 0.3) is 0 Å². The predicted molar refractivity (Wildman–Crippen MR) is 111 cm³/mol. The Bertz CT molecular complexity index is 1080. The molecule has 0 fully saturated rings. The molecule has 2 aromatic carbocycles. The number of benzene rings is 2. The quantitative estimate of drug-likeness (QED) is 0.580. The standard InChI is InChI=1S/C23H19F3N2O2/c1-4-7-17(8-5-2)28-20-14-18(30-3)11-12-19(20)21(22(28)29)27-16-10-6-9-15(13-16)23(24,25)26/h4-14H,1H2,2-3H3/b8-5-,17-7+,27-21?. The topological polar surface area (TPSA) is 41.9 Å². The van der Waals surface area contributed by atoms with Crippen LogP contribution in [0.15, 0.2) is 84.0 Å². The van der Waals surface area contributed by atoms with Crippen molar-refractivity contribution in [3.63, 3.8) is 0 Å². The number of hydrogen-bond acceptors (Lipinski definition) is 3. The highest BCUT2D eigenvalue weighted by atomic mass is 19.4. The van der Waals surface area contributed by atoms with E-state index in [0.29, 0.717) is 22.7 Å². The number of nitrogens with zero attached hydrogens (tertiary/aromatic N) is 2. The Morgan fingerprint density at radius 3 is 2.60 bits per heavy atom. The molecular formula is C23H19F3N2O2. The van der Waals surface area contributed by atoms with Gasteiger partial charge in [-0.05, 0) is 49.4 Å². The Morgan fingerprint density at radius 2 is 1.97 bits per heavy atom. The maximum absolute atomic E-state index is 13.3. The van der Waals surface area contributed by atoms with E-state index in [1.165, 1.54) is 24.1 Å². The third-order valence-corrected chi connectivity index (χ3v) is 4.41. The molecule has 3 rings (SSSR count). The number of halogens is 3. The zero-order valence-electron chi connectivity index (χ0n) is 16.4. The largest absolute Gasteiger partial charge is 0.497 e. The van der Waals surface area contributed by atoms with Gasteiger partial charge < -0.3 is 4.74 Å². The van der Waals surface area contributed by atoms with E-state index in [0.717, 1.165) is 12.1 Å². The van der Waals surface area contributed by atoms with E-state index in [1.54, 1.807) is 42.5 Å². The Kier molecular flexibility index (Phi) is 5.91. The molecule has 1 heterocycles. The van der Waals surface area contributed by atoms with E-state index in [4.69, 9.17) is 4.74 Å². The summed E-state index contributed by atoms with van der Waals surface area (Å²) in [5.74, 6) is 0.0761. The summed E-state index contributed by atoms with van der Waals surface area (Å²) in [5.41, 5.74) is 0.821. The molecule has 0 atom stereocenters. The zero-order chi connectivity index (χ0) is 21.9. The lowest BCUT2D eigenvalue weighted by molar-refractivity contribution is -0.137. The maximum Gasteiger partial charge on any atom is 0.416 e. The molecular weight excluding hydrogens is 393 g/mol. The molecule has 0 bridgehead atoms. The van der Waals surface area contributed by atoms with E-state index < -0.39 is 17.6 Å². The summed E-state index contributed by atoms with van der Waals surface area (Å²) in [7, 11) is 1.51. The Hall–Kier alpha value is -3.61. The maximum atomic E-state index is 13.3. The lowest BCUT2D eigenvalue weighted by Crippen LogP contribution is -2.28. The van der Waals surface area contributed by atoms with Gasteiger partial charge in [-0.25, -0.2) is 4.99 Å². The van der Waals surface area contributed by atoms with Crippen molar-refractivity contribution in [3.8, 4) is 5.75 Å². The van der Waals surface area contributed by atoms with Crippen molar-refractivity contribution in [3.05, 3.63) is 90.2 Å². The number of carbonyl (C=O) groups is 1. The summed E-state index contributed by atoms with van der Waals surface area (Å²) in [4.78, 5) is 19.0. The van der Waals surface area contributed by atoms with Gasteiger partial charge in [0, 0.05) is 17.3 Å². The zero-order valence-corrected chi connectivity index (χ0v) is 16.4. The van der Waals surface area contributed by atoms with Crippen LogP contribution in [0.4, 0.5) is 24.5 Å². The summed E-state index contributed by atoms with van der Waals surface area (Å²) < 4.78 is 44.4. The van der Waals surface area contributed by atoms with Crippen LogP contribution in [0.5, 0.6) is 5.75 Å². The molecule has 0 aromatic heterocycles. The fourth-order valence-corrected chi connectivity index (χ4v) is 3.10. The summed E-state index contributed by atoms with van der Waals surface area (Å²) in [5, 5.41) is 0. The molecule has 4 nitrogen and oxygen atoms in total. The Morgan fingerprint density at radius 1 is 1.20 bits per heavy atom. The first-order valence-corrected chi connectivity index (χ1v) is 9.04. The van der Waals surface area contributed by atoms with E-state index in [1.807, 2.05) is 6.92 Å². The number of rotatable bonds is 5. The number of allylic oxidation sites excluding steroid dienone is 4. The number of amides is 1. The van der Waals surface area contributed by atoms with Gasteiger partial charge in [0.25, 0.3) is 5.91 Å². The predicted octanol–water partition coefficient (Wildman–Crippen LogP) is 5.83. The summed E-state index contributed by atoms with van der Waals surface area (Å²) in [6.07, 6.45) is 2.21. The first kappa shape index (κ1) is 21.1. The normalized spacial score (nSPS) is 15.8. The molecule has 0 aliphatic carbocycles. The molecule has 1 amide bonds. The molecule has 0 saturated heterocycles. The van der Waals surface area contributed by atoms with Gasteiger partial charge in [0.15, 0.2) is 0 Å². The van der Waals surface area contributed by atoms with Crippen LogP contribution in [-0.2, 0) is 11.0 Å². The molecule has 1 aliphatic rings. The van der Waals surface area contributed by atoms with Gasteiger partial charge in [-0.3, -0.25) is 9.69 Å². The van der Waals surface area contributed by atoms with E-state index in [2.05, 4.69) is 11.6 Å². The molecule has 1 aliphatic heterocycles. The average molecular weight is 412 g/mol. The number of aliphatic imine (C=N–C) groups is 1. The summed E-state index contributed by atoms with van der Waals surface area (Å²) in [6, 6.07) is 9.58. The van der Waals surface area contributed by atoms with Gasteiger partial charge in [-0.2, -0.15) is 13.2 Å². The van der Waals surface area contributed by atoms with Gasteiger partial charge in [-0.1, -0.05) is 24.8 Å². The monoisotopic (exact) mass is 412 g/mol. The molecule has 7 heteroatoms. The number of methoxy groups -OCH3 is 1. The van der Waals surface area contributed by atoms with Crippen LogP contribution in [0, 0.1) is 0 Å². The first-order valence-electron chi connectivity index (χ1n) is 9.04. The minimum absolute atomic E-state index is 0.0390. The van der Waals surface area contributed by atoms with Crippen molar-refractivity contribution in [2.24, 2.45) is 4.99 Å². The van der Waals surface area contributed by atoms with Crippen LogP contribution in [-0.4, -0.2) is 18.7 Å². The lowest BCUT2D eigenvalue weighted by atomic mass is 10.1. The van der Waals surface area contributed by atoms with Gasteiger partial charge in [-0.15, -0.1) is 0 Å². The molecule has 30 heavy (non-hydrogen) atoms. The van der Waals surface area contributed by atoms with Crippen molar-refractivity contribution in [1.82, 2.24) is 0 Å². The van der Waals surface area contributed by atoms with Crippen LogP contribution in [0.1, 0.15) is 18.1 Å². The third kappa shape index (κ3) is 4.05. The number of hydrogen-bond donors (Lipinski definition) is 0. The SMILES string of the molecule is C=C/C=C(\C=C/C)N1C(=O)C(=Nc2cccc(C(F)(F)F)c2)c2ccc(OC)cc21. The summed E-state index contributed by atoms with van der Waals surface area (Å²) >= 11 is 0. The molecule has 0 radical (unpaired) electrons. The Labute approximate surface area is 172 Å².